The Balaban J connectivity index is 2.22. The van der Waals surface area contributed by atoms with Crippen molar-refractivity contribution in [1.29, 1.82) is 0 Å². The predicted molar refractivity (Wildman–Crippen MR) is 75.3 cm³/mol. The van der Waals surface area contributed by atoms with Crippen LogP contribution in [0.1, 0.15) is 30.9 Å². The Morgan fingerprint density at radius 2 is 2.22 bits per heavy atom. The van der Waals surface area contributed by atoms with E-state index in [1.54, 1.807) is 0 Å². The van der Waals surface area contributed by atoms with Crippen molar-refractivity contribution < 1.29 is 4.79 Å². The maximum absolute atomic E-state index is 11.7. The topological polar surface area (TPSA) is 55.1 Å². The molecule has 0 heterocycles. The number of nitrogens with one attached hydrogen (secondary N) is 1. The van der Waals surface area contributed by atoms with Crippen LogP contribution in [0.15, 0.2) is 24.3 Å². The maximum atomic E-state index is 11.7. The van der Waals surface area contributed by atoms with Gasteiger partial charge in [0.25, 0.3) is 0 Å². The van der Waals surface area contributed by atoms with Gasteiger partial charge in [0.05, 0.1) is 6.42 Å². The van der Waals surface area contributed by atoms with Gasteiger partial charge in [-0.2, -0.15) is 0 Å². The van der Waals surface area contributed by atoms with Crippen molar-refractivity contribution in [1.82, 2.24) is 5.32 Å². The Hall–Kier alpha value is -1.35. The molecular weight excluding hydrogens is 224 g/mol. The first-order valence-electron chi connectivity index (χ1n) is 6.64. The van der Waals surface area contributed by atoms with E-state index in [4.69, 9.17) is 5.73 Å². The first-order valence-corrected chi connectivity index (χ1v) is 6.64. The normalized spacial score (nSPS) is 12.2. The second-order valence-corrected chi connectivity index (χ2v) is 5.00. The molecule has 1 unspecified atom stereocenters. The monoisotopic (exact) mass is 248 g/mol. The van der Waals surface area contributed by atoms with Gasteiger partial charge in [-0.25, -0.2) is 0 Å². The highest BCUT2D eigenvalue weighted by Gasteiger charge is 2.03. The molecule has 3 heteroatoms. The molecule has 18 heavy (non-hydrogen) atoms. The van der Waals surface area contributed by atoms with Gasteiger partial charge in [-0.05, 0) is 37.8 Å². The van der Waals surface area contributed by atoms with E-state index in [9.17, 15) is 4.79 Å². The standard InChI is InChI=1S/C15H24N2O/c1-12-5-3-7-14(9-12)10-15(18)17-8-4-6-13(2)11-16/h3,5,7,9,13H,4,6,8,10-11,16H2,1-2H3,(H,17,18). The van der Waals surface area contributed by atoms with Gasteiger partial charge in [-0.1, -0.05) is 36.8 Å². The van der Waals surface area contributed by atoms with Crippen LogP contribution in [0.4, 0.5) is 0 Å². The first kappa shape index (κ1) is 14.7. The fourth-order valence-electron chi connectivity index (χ4n) is 1.87. The van der Waals surface area contributed by atoms with Crippen LogP contribution in [0.3, 0.4) is 0 Å². The molecule has 1 amide bonds. The average Bonchev–Trinajstić information content (AvgIpc) is 2.34. The van der Waals surface area contributed by atoms with Gasteiger partial charge in [0.1, 0.15) is 0 Å². The molecule has 0 aromatic heterocycles. The number of hydrogen-bond acceptors (Lipinski definition) is 2. The molecule has 0 fully saturated rings. The highest BCUT2D eigenvalue weighted by atomic mass is 16.1. The maximum Gasteiger partial charge on any atom is 0.224 e. The minimum absolute atomic E-state index is 0.0981. The van der Waals surface area contributed by atoms with Crippen molar-refractivity contribution in [3.8, 4) is 0 Å². The van der Waals surface area contributed by atoms with Crippen molar-refractivity contribution >= 4 is 5.91 Å². The number of hydrogen-bond donors (Lipinski definition) is 2. The molecule has 100 valence electrons. The van der Waals surface area contributed by atoms with E-state index in [1.807, 2.05) is 25.1 Å². The van der Waals surface area contributed by atoms with Crippen LogP contribution in [-0.4, -0.2) is 19.0 Å². The number of carbonyl (C=O) groups is 1. The lowest BCUT2D eigenvalue weighted by molar-refractivity contribution is -0.120. The summed E-state index contributed by atoms with van der Waals surface area (Å²) in [6.07, 6.45) is 2.53. The number of aryl methyl sites for hydroxylation is 1. The van der Waals surface area contributed by atoms with Gasteiger partial charge < -0.3 is 11.1 Å². The van der Waals surface area contributed by atoms with E-state index in [-0.39, 0.29) is 5.91 Å². The number of carbonyl (C=O) groups excluding carboxylic acids is 1. The fraction of sp³-hybridized carbons (Fsp3) is 0.533. The summed E-state index contributed by atoms with van der Waals surface area (Å²) in [6, 6.07) is 8.07. The van der Waals surface area contributed by atoms with E-state index in [2.05, 4.69) is 18.3 Å². The minimum Gasteiger partial charge on any atom is -0.356 e. The second-order valence-electron chi connectivity index (χ2n) is 5.00. The number of rotatable bonds is 7. The summed E-state index contributed by atoms with van der Waals surface area (Å²) in [5, 5.41) is 2.95. The van der Waals surface area contributed by atoms with Gasteiger partial charge in [-0.3, -0.25) is 4.79 Å². The zero-order chi connectivity index (χ0) is 13.4. The Morgan fingerprint density at radius 1 is 1.44 bits per heavy atom. The summed E-state index contributed by atoms with van der Waals surface area (Å²) in [5.74, 6) is 0.639. The van der Waals surface area contributed by atoms with Crippen LogP contribution in [0.25, 0.3) is 0 Å². The van der Waals surface area contributed by atoms with Crippen molar-refractivity contribution in [3.63, 3.8) is 0 Å². The Morgan fingerprint density at radius 3 is 2.89 bits per heavy atom. The lowest BCUT2D eigenvalue weighted by Crippen LogP contribution is -2.26. The molecule has 0 aliphatic carbocycles. The van der Waals surface area contributed by atoms with Gasteiger partial charge in [0, 0.05) is 6.54 Å². The van der Waals surface area contributed by atoms with Crippen molar-refractivity contribution in [3.05, 3.63) is 35.4 Å². The van der Waals surface area contributed by atoms with E-state index < -0.39 is 0 Å². The van der Waals surface area contributed by atoms with Crippen LogP contribution >= 0.6 is 0 Å². The quantitative estimate of drug-likeness (QED) is 0.725. The van der Waals surface area contributed by atoms with Gasteiger partial charge in [0.15, 0.2) is 0 Å². The highest BCUT2D eigenvalue weighted by molar-refractivity contribution is 5.78. The van der Waals surface area contributed by atoms with Gasteiger partial charge in [-0.15, -0.1) is 0 Å². The Bertz CT molecular complexity index is 377. The van der Waals surface area contributed by atoms with E-state index in [0.29, 0.717) is 12.3 Å². The molecule has 0 saturated heterocycles. The summed E-state index contributed by atoms with van der Waals surface area (Å²) >= 11 is 0. The lowest BCUT2D eigenvalue weighted by atomic mass is 10.1. The molecule has 1 aromatic rings. The largest absolute Gasteiger partial charge is 0.356 e. The van der Waals surface area contributed by atoms with Crippen LogP contribution in [0, 0.1) is 12.8 Å². The summed E-state index contributed by atoms with van der Waals surface area (Å²) in [5.41, 5.74) is 7.81. The number of nitrogens with two attached hydrogens (primary N) is 1. The third-order valence-electron chi connectivity index (χ3n) is 3.05. The minimum atomic E-state index is 0.0981. The van der Waals surface area contributed by atoms with Gasteiger partial charge in [0.2, 0.25) is 5.91 Å². The zero-order valence-electron chi connectivity index (χ0n) is 11.4. The molecule has 1 rings (SSSR count). The zero-order valence-corrected chi connectivity index (χ0v) is 11.4. The summed E-state index contributed by atoms with van der Waals surface area (Å²) in [6.45, 7) is 5.64. The van der Waals surface area contributed by atoms with Crippen LogP contribution in [-0.2, 0) is 11.2 Å². The smallest absolute Gasteiger partial charge is 0.224 e. The SMILES string of the molecule is Cc1cccc(CC(=O)NCCCC(C)CN)c1. The second kappa shape index (κ2) is 7.88. The van der Waals surface area contributed by atoms with Crippen molar-refractivity contribution in [2.75, 3.05) is 13.1 Å². The molecule has 0 saturated carbocycles. The summed E-state index contributed by atoms with van der Waals surface area (Å²) in [7, 11) is 0. The van der Waals surface area contributed by atoms with Crippen molar-refractivity contribution in [2.24, 2.45) is 11.7 Å². The highest BCUT2D eigenvalue weighted by Crippen LogP contribution is 2.05. The molecule has 0 radical (unpaired) electrons. The molecule has 0 aliphatic heterocycles. The predicted octanol–water partition coefficient (Wildman–Crippen LogP) is 2.03. The van der Waals surface area contributed by atoms with Gasteiger partial charge >= 0.3 is 0 Å². The molecule has 0 bridgehead atoms. The Labute approximate surface area is 110 Å². The van der Waals surface area contributed by atoms with Crippen molar-refractivity contribution in [2.45, 2.75) is 33.1 Å². The Kier molecular flexibility index (Phi) is 6.44. The molecule has 0 aliphatic rings. The molecule has 1 atom stereocenters. The van der Waals surface area contributed by atoms with E-state index in [1.165, 1.54) is 5.56 Å². The lowest BCUT2D eigenvalue weighted by Gasteiger charge is -2.09. The summed E-state index contributed by atoms with van der Waals surface area (Å²) < 4.78 is 0. The van der Waals surface area contributed by atoms with E-state index >= 15 is 0 Å². The summed E-state index contributed by atoms with van der Waals surface area (Å²) in [4.78, 5) is 11.7. The average molecular weight is 248 g/mol. The van der Waals surface area contributed by atoms with Crippen LogP contribution in [0.5, 0.6) is 0 Å². The number of benzene rings is 1. The van der Waals surface area contributed by atoms with E-state index in [0.717, 1.165) is 31.5 Å². The first-order chi connectivity index (χ1) is 8.61. The third kappa shape index (κ3) is 5.82. The number of amides is 1. The van der Waals surface area contributed by atoms with Crippen LogP contribution < -0.4 is 11.1 Å². The molecule has 0 spiro atoms. The molecule has 3 N–H and O–H groups in total. The van der Waals surface area contributed by atoms with Crippen LogP contribution in [0.2, 0.25) is 0 Å². The molecule has 1 aromatic carbocycles. The fourth-order valence-corrected chi connectivity index (χ4v) is 1.87. The molecular formula is C15H24N2O. The molecule has 3 nitrogen and oxygen atoms in total. The third-order valence-corrected chi connectivity index (χ3v) is 3.05.